The summed E-state index contributed by atoms with van der Waals surface area (Å²) >= 11 is 0.998. The van der Waals surface area contributed by atoms with Crippen LogP contribution >= 0.6 is 12.0 Å². The smallest absolute Gasteiger partial charge is 0.321 e. The van der Waals surface area contributed by atoms with E-state index in [9.17, 15) is 19.5 Å². The molecule has 7 nitrogen and oxygen atoms in total. The number of hydrogen-bond donors (Lipinski definition) is 3. The molecule has 0 heterocycles. The highest BCUT2D eigenvalue weighted by Gasteiger charge is 2.31. The minimum Gasteiger partial charge on any atom is -0.391 e. The van der Waals surface area contributed by atoms with Gasteiger partial charge in [-0.1, -0.05) is 142 Å². The van der Waals surface area contributed by atoms with Crippen molar-refractivity contribution in [2.45, 2.75) is 133 Å². The van der Waals surface area contributed by atoms with Crippen molar-refractivity contribution in [3.8, 4) is 0 Å². The molecule has 0 aliphatic carbocycles. The molecule has 0 aliphatic rings. The van der Waals surface area contributed by atoms with E-state index >= 15 is 0 Å². The first kappa shape index (κ1) is 51.0. The van der Waals surface area contributed by atoms with E-state index in [1.165, 1.54) is 0 Å². The van der Waals surface area contributed by atoms with Crippen molar-refractivity contribution in [1.82, 2.24) is 10.6 Å². The predicted molar refractivity (Wildman–Crippen MR) is 206 cm³/mol. The second-order valence-corrected chi connectivity index (χ2v) is 10.8. The number of hydrogen-bond acceptors (Lipinski definition) is 6. The normalized spacial score (nSPS) is 12.1. The Morgan fingerprint density at radius 1 is 0.681 bits per heavy atom. The van der Waals surface area contributed by atoms with Crippen molar-refractivity contribution in [1.29, 1.82) is 0 Å². The van der Waals surface area contributed by atoms with Crippen molar-refractivity contribution in [3.63, 3.8) is 0 Å². The molecule has 8 heteroatoms. The number of nitrogens with one attached hydrogen (secondary N) is 2. The van der Waals surface area contributed by atoms with Crippen molar-refractivity contribution in [2.24, 2.45) is 5.41 Å². The third-order valence-electron chi connectivity index (χ3n) is 6.09. The molecule has 0 unspecified atom stereocenters. The van der Waals surface area contributed by atoms with E-state index in [2.05, 4.69) is 78.3 Å². The lowest BCUT2D eigenvalue weighted by atomic mass is 9.83. The largest absolute Gasteiger partial charge is 0.391 e. The van der Waals surface area contributed by atoms with Gasteiger partial charge in [-0.15, -0.1) is 0 Å². The van der Waals surface area contributed by atoms with Crippen LogP contribution in [-0.2, 0) is 18.6 Å². The zero-order valence-electron chi connectivity index (χ0n) is 31.5. The molecule has 0 saturated heterocycles. The Labute approximate surface area is 293 Å². The fraction of sp³-hybridized carbons (Fsp3) is 0.615. The third-order valence-corrected chi connectivity index (χ3v) is 6.77. The summed E-state index contributed by atoms with van der Waals surface area (Å²) in [7, 11) is 0. The van der Waals surface area contributed by atoms with Crippen molar-refractivity contribution in [3.05, 3.63) is 72.9 Å². The number of allylic oxidation sites excluding steroid dienone is 11. The minimum absolute atomic E-state index is 0.109. The molecule has 0 fully saturated rings. The van der Waals surface area contributed by atoms with E-state index in [-0.39, 0.29) is 31.3 Å². The number of carbonyl (C=O) groups is 3. The molecule has 0 aromatic carbocycles. The van der Waals surface area contributed by atoms with Gasteiger partial charge in [-0.2, -0.15) is 0 Å². The van der Waals surface area contributed by atoms with E-state index in [1.807, 2.05) is 68.4 Å². The maximum Gasteiger partial charge on any atom is 0.321 e. The van der Waals surface area contributed by atoms with Crippen LogP contribution in [0.15, 0.2) is 72.9 Å². The molecule has 47 heavy (non-hydrogen) atoms. The topological polar surface area (TPSA) is 105 Å². The van der Waals surface area contributed by atoms with Crippen LogP contribution in [0.3, 0.4) is 0 Å². The van der Waals surface area contributed by atoms with Crippen LogP contribution in [0.5, 0.6) is 0 Å². The van der Waals surface area contributed by atoms with E-state index in [1.54, 1.807) is 6.08 Å². The molecule has 272 valence electrons. The first-order valence-electron chi connectivity index (χ1n) is 17.7. The predicted octanol–water partition coefficient (Wildman–Crippen LogP) is 9.76. The van der Waals surface area contributed by atoms with E-state index in [0.29, 0.717) is 18.7 Å². The molecule has 0 radical (unpaired) electrons. The van der Waals surface area contributed by atoms with Crippen molar-refractivity contribution in [2.75, 3.05) is 18.8 Å². The quantitative estimate of drug-likeness (QED) is 0.0565. The van der Waals surface area contributed by atoms with E-state index in [0.717, 1.165) is 50.6 Å². The van der Waals surface area contributed by atoms with E-state index in [4.69, 9.17) is 4.18 Å². The highest BCUT2D eigenvalue weighted by molar-refractivity contribution is 7.95. The van der Waals surface area contributed by atoms with Crippen LogP contribution in [0.1, 0.15) is 127 Å². The highest BCUT2D eigenvalue weighted by atomic mass is 32.2. The summed E-state index contributed by atoms with van der Waals surface area (Å²) in [6, 6.07) is 0. The van der Waals surface area contributed by atoms with Gasteiger partial charge >= 0.3 is 5.97 Å². The van der Waals surface area contributed by atoms with Gasteiger partial charge in [-0.05, 0) is 50.4 Å². The molecule has 2 amide bonds. The van der Waals surface area contributed by atoms with Crippen LogP contribution in [-0.4, -0.2) is 47.8 Å². The fourth-order valence-corrected chi connectivity index (χ4v) is 3.58. The SMILES string of the molecule is CC.CC.CC.CC/C=C\C/C=C\C/C=C\C/C=C\C/C=C\C/C=C\CC(=O)OSCCNC(=O)CCNC(=O)[C@H](O)C(C)(C)CC. The number of amides is 2. The number of aliphatic hydroxyl groups is 1. The Hall–Kier alpha value is -2.84. The summed E-state index contributed by atoms with van der Waals surface area (Å²) in [6.07, 6.45) is 30.8. The van der Waals surface area contributed by atoms with Crippen LogP contribution < -0.4 is 10.6 Å². The lowest BCUT2D eigenvalue weighted by Gasteiger charge is -2.28. The van der Waals surface area contributed by atoms with Gasteiger partial charge in [0.1, 0.15) is 6.10 Å². The summed E-state index contributed by atoms with van der Waals surface area (Å²) in [5, 5.41) is 15.4. The van der Waals surface area contributed by atoms with E-state index < -0.39 is 17.4 Å². The molecular formula is C39H70N2O5S. The third kappa shape index (κ3) is 37.5. The molecule has 0 bridgehead atoms. The Morgan fingerprint density at radius 3 is 1.53 bits per heavy atom. The van der Waals surface area contributed by atoms with Gasteiger partial charge in [0.05, 0.1) is 18.5 Å². The standard InChI is InChI=1S/C33H52N2O5S.3C2H6/c1-5-7-8-9-10-11-12-13-14-15-16-17-18-19-20-21-22-23-24-30(37)40-41-28-27-34-29(36)25-26-35-32(39)31(38)33(3,4)6-2;3*1-2/h7-8,10-11,13-14,16-17,19-20,22-23,31,38H,5-6,9,12,15,18,21,24-28H2,1-4H3,(H,34,36)(H,35,39);3*1-2H3/b8-7-,11-10-,14-13-,17-16-,20-19-,23-22-;;;/t31-;;;/m0.../s1. The van der Waals surface area contributed by atoms with Gasteiger partial charge in [0.2, 0.25) is 11.8 Å². The van der Waals surface area contributed by atoms with Gasteiger partial charge in [0, 0.05) is 25.3 Å². The first-order chi connectivity index (χ1) is 22.7. The average molecular weight is 679 g/mol. The number of carbonyl (C=O) groups excluding carboxylic acids is 3. The number of aliphatic hydroxyl groups excluding tert-OH is 1. The van der Waals surface area contributed by atoms with Gasteiger partial charge in [-0.25, -0.2) is 0 Å². The summed E-state index contributed by atoms with van der Waals surface area (Å²) < 4.78 is 5.09. The monoisotopic (exact) mass is 679 g/mol. The van der Waals surface area contributed by atoms with Gasteiger partial charge in [0.25, 0.3) is 0 Å². The maximum atomic E-state index is 12.0. The van der Waals surface area contributed by atoms with Gasteiger partial charge in [-0.3, -0.25) is 14.4 Å². The Bertz CT molecular complexity index is 905. The van der Waals surface area contributed by atoms with Crippen LogP contribution in [0, 0.1) is 5.41 Å². The molecule has 0 aromatic rings. The average Bonchev–Trinajstić information content (AvgIpc) is 3.09. The zero-order chi connectivity index (χ0) is 36.6. The van der Waals surface area contributed by atoms with Crippen molar-refractivity contribution < 1.29 is 23.7 Å². The Morgan fingerprint density at radius 2 is 1.11 bits per heavy atom. The minimum atomic E-state index is -1.12. The molecule has 0 rings (SSSR count). The maximum absolute atomic E-state index is 12.0. The lowest BCUT2D eigenvalue weighted by molar-refractivity contribution is -0.135. The molecule has 1 atom stereocenters. The van der Waals surface area contributed by atoms with Crippen LogP contribution in [0.4, 0.5) is 0 Å². The first-order valence-corrected chi connectivity index (χ1v) is 18.6. The van der Waals surface area contributed by atoms with Crippen LogP contribution in [0.2, 0.25) is 0 Å². The summed E-state index contributed by atoms with van der Waals surface area (Å²) in [4.78, 5) is 35.6. The lowest BCUT2D eigenvalue weighted by Crippen LogP contribution is -2.44. The fourth-order valence-electron chi connectivity index (χ4n) is 3.11. The summed E-state index contributed by atoms with van der Waals surface area (Å²) in [6.45, 7) is 20.2. The van der Waals surface area contributed by atoms with Crippen molar-refractivity contribution >= 4 is 29.8 Å². The second-order valence-electron chi connectivity index (χ2n) is 10.0. The van der Waals surface area contributed by atoms with Gasteiger partial charge < -0.3 is 19.9 Å². The molecule has 0 saturated carbocycles. The second kappa shape index (κ2) is 41.2. The Kier molecular flexibility index (Phi) is 44.7. The summed E-state index contributed by atoms with van der Waals surface area (Å²) in [5.41, 5.74) is -0.521. The zero-order valence-corrected chi connectivity index (χ0v) is 32.3. The molecule has 0 aliphatic heterocycles. The molecule has 0 spiro atoms. The van der Waals surface area contributed by atoms with Crippen LogP contribution in [0.25, 0.3) is 0 Å². The Balaban J connectivity index is -0.00000145. The molecule has 3 N–H and O–H groups in total. The summed E-state index contributed by atoms with van der Waals surface area (Å²) in [5.74, 6) is -0.604. The van der Waals surface area contributed by atoms with Gasteiger partial charge in [0.15, 0.2) is 0 Å². The highest BCUT2D eigenvalue weighted by Crippen LogP contribution is 2.24. The number of rotatable bonds is 23. The molecule has 0 aromatic heterocycles. The molecular weight excluding hydrogens is 609 g/mol.